The number of hydrogen-bond donors (Lipinski definition) is 0. The van der Waals surface area contributed by atoms with Crippen molar-refractivity contribution in [3.63, 3.8) is 0 Å². The maximum atomic E-state index is 13.1. The van der Waals surface area contributed by atoms with Crippen LogP contribution in [-0.4, -0.2) is 29.0 Å². The topological polar surface area (TPSA) is 72.4 Å². The van der Waals surface area contributed by atoms with Crippen LogP contribution in [-0.2, 0) is 11.3 Å². The Morgan fingerprint density at radius 3 is 2.44 bits per heavy atom. The van der Waals surface area contributed by atoms with Gasteiger partial charge in [-0.25, -0.2) is 4.79 Å². The Balaban J connectivity index is 1.92. The molecule has 0 N–H and O–H groups in total. The highest BCUT2D eigenvalue weighted by Gasteiger charge is 2.19. The van der Waals surface area contributed by atoms with Gasteiger partial charge in [0.15, 0.2) is 0 Å². The lowest BCUT2D eigenvalue weighted by Crippen LogP contribution is -2.31. The highest BCUT2D eigenvalue weighted by atomic mass is 16.5. The number of aryl methyl sites for hydroxylation is 1. The number of aromatic nitrogens is 2. The maximum Gasteiger partial charge on any atom is 0.339 e. The Kier molecular flexibility index (Phi) is 5.56. The van der Waals surface area contributed by atoms with Crippen LogP contribution in [0.3, 0.4) is 0 Å². The van der Waals surface area contributed by atoms with Crippen LogP contribution in [0.5, 0.6) is 0 Å². The largest absolute Gasteiger partial charge is 0.465 e. The zero-order valence-electron chi connectivity index (χ0n) is 15.1. The minimum Gasteiger partial charge on any atom is -0.465 e. The number of amides is 1. The molecule has 3 rings (SSSR count). The predicted octanol–water partition coefficient (Wildman–Crippen LogP) is 3.42. The first-order valence-corrected chi connectivity index (χ1v) is 8.40. The predicted molar refractivity (Wildman–Crippen MR) is 102 cm³/mol. The van der Waals surface area contributed by atoms with Gasteiger partial charge in [-0.3, -0.25) is 14.8 Å². The van der Waals surface area contributed by atoms with E-state index in [2.05, 4.69) is 14.7 Å². The second-order valence-corrected chi connectivity index (χ2v) is 6.00. The van der Waals surface area contributed by atoms with E-state index in [0.717, 1.165) is 11.3 Å². The van der Waals surface area contributed by atoms with Crippen LogP contribution in [0.2, 0.25) is 0 Å². The average molecular weight is 361 g/mol. The van der Waals surface area contributed by atoms with Gasteiger partial charge in [0.25, 0.3) is 5.91 Å². The quantitative estimate of drug-likeness (QED) is 0.651. The van der Waals surface area contributed by atoms with Crippen molar-refractivity contribution in [2.45, 2.75) is 13.5 Å². The summed E-state index contributed by atoms with van der Waals surface area (Å²) in [7, 11) is 1.32. The van der Waals surface area contributed by atoms with Gasteiger partial charge < -0.3 is 9.64 Å². The molecule has 3 aromatic rings. The third-order valence-electron chi connectivity index (χ3n) is 4.05. The van der Waals surface area contributed by atoms with Crippen molar-refractivity contribution < 1.29 is 14.3 Å². The van der Waals surface area contributed by atoms with Crippen molar-refractivity contribution in [1.29, 1.82) is 0 Å². The molecule has 0 aliphatic carbocycles. The van der Waals surface area contributed by atoms with Gasteiger partial charge in [-0.15, -0.1) is 0 Å². The number of carbonyl (C=O) groups excluding carboxylic acids is 2. The van der Waals surface area contributed by atoms with Crippen molar-refractivity contribution in [1.82, 2.24) is 9.97 Å². The van der Waals surface area contributed by atoms with E-state index >= 15 is 0 Å². The zero-order chi connectivity index (χ0) is 19.2. The summed E-state index contributed by atoms with van der Waals surface area (Å²) in [6.07, 6.45) is 4.63. The summed E-state index contributed by atoms with van der Waals surface area (Å²) < 4.78 is 4.69. The van der Waals surface area contributed by atoms with Crippen molar-refractivity contribution in [2.24, 2.45) is 0 Å². The molecule has 0 radical (unpaired) electrons. The van der Waals surface area contributed by atoms with Gasteiger partial charge in [-0.1, -0.05) is 12.1 Å². The van der Waals surface area contributed by atoms with E-state index in [0.29, 0.717) is 16.8 Å². The van der Waals surface area contributed by atoms with Gasteiger partial charge in [0.05, 0.1) is 24.9 Å². The molecule has 0 spiro atoms. The number of benzene rings is 1. The molecule has 6 heteroatoms. The maximum absolute atomic E-state index is 13.1. The molecule has 0 saturated heterocycles. The highest BCUT2D eigenvalue weighted by molar-refractivity contribution is 6.05. The van der Waals surface area contributed by atoms with Crippen LogP contribution in [0.4, 0.5) is 5.69 Å². The molecule has 27 heavy (non-hydrogen) atoms. The Morgan fingerprint density at radius 1 is 1.04 bits per heavy atom. The van der Waals surface area contributed by atoms with Crippen molar-refractivity contribution in [2.75, 3.05) is 12.0 Å². The fraction of sp³-hybridized carbons (Fsp3) is 0.143. The molecule has 0 atom stereocenters. The number of methoxy groups -OCH3 is 1. The third-order valence-corrected chi connectivity index (χ3v) is 4.05. The van der Waals surface area contributed by atoms with Gasteiger partial charge in [0.1, 0.15) is 0 Å². The summed E-state index contributed by atoms with van der Waals surface area (Å²) in [6, 6.07) is 14.4. The molecule has 2 aromatic heterocycles. The Bertz CT molecular complexity index is 940. The molecule has 1 amide bonds. The van der Waals surface area contributed by atoms with E-state index in [-0.39, 0.29) is 12.5 Å². The van der Waals surface area contributed by atoms with Crippen LogP contribution in [0.15, 0.2) is 67.1 Å². The Labute approximate surface area is 157 Å². The number of anilines is 1. The molecule has 136 valence electrons. The first-order valence-electron chi connectivity index (χ1n) is 8.40. The summed E-state index contributed by atoms with van der Waals surface area (Å²) in [5, 5.41) is 0. The van der Waals surface area contributed by atoms with E-state index in [4.69, 9.17) is 0 Å². The molecule has 0 saturated carbocycles. The van der Waals surface area contributed by atoms with Gasteiger partial charge in [0.2, 0.25) is 0 Å². The summed E-state index contributed by atoms with van der Waals surface area (Å²) in [5.74, 6) is -0.598. The fourth-order valence-electron chi connectivity index (χ4n) is 2.65. The molecular weight excluding hydrogens is 342 g/mol. The molecule has 0 bridgehead atoms. The second kappa shape index (κ2) is 8.23. The summed E-state index contributed by atoms with van der Waals surface area (Å²) in [5.41, 5.74) is 3.39. The number of carbonyl (C=O) groups is 2. The highest BCUT2D eigenvalue weighted by Crippen LogP contribution is 2.21. The molecule has 0 aliphatic heterocycles. The van der Waals surface area contributed by atoms with E-state index in [1.165, 1.54) is 13.3 Å². The van der Waals surface area contributed by atoms with Gasteiger partial charge in [-0.2, -0.15) is 0 Å². The number of rotatable bonds is 5. The van der Waals surface area contributed by atoms with Crippen molar-refractivity contribution in [3.8, 4) is 0 Å². The van der Waals surface area contributed by atoms with Crippen LogP contribution >= 0.6 is 0 Å². The molecule has 1 aromatic carbocycles. The van der Waals surface area contributed by atoms with Gasteiger partial charge in [0, 0.05) is 29.8 Å². The Morgan fingerprint density at radius 2 is 1.81 bits per heavy atom. The molecule has 2 heterocycles. The first kappa shape index (κ1) is 18.3. The fourth-order valence-corrected chi connectivity index (χ4v) is 2.65. The monoisotopic (exact) mass is 361 g/mol. The third kappa shape index (κ3) is 4.36. The first-order chi connectivity index (χ1) is 13.1. The molecule has 0 aliphatic rings. The molecule has 6 nitrogen and oxygen atoms in total. The van der Waals surface area contributed by atoms with Gasteiger partial charge in [-0.05, 0) is 48.9 Å². The van der Waals surface area contributed by atoms with E-state index in [9.17, 15) is 9.59 Å². The minimum absolute atomic E-state index is 0.151. The summed E-state index contributed by atoms with van der Waals surface area (Å²) >= 11 is 0. The summed E-state index contributed by atoms with van der Waals surface area (Å²) in [4.78, 5) is 34.6. The standard InChI is InChI=1S/C21H19N3O3/c1-15-4-3-5-19(12-15)24(20(25)16-8-10-22-11-9-16)14-18-7-6-17(13-23-18)21(26)27-2/h3-13H,14H2,1-2H3. The number of ether oxygens (including phenoxy) is 1. The van der Waals surface area contributed by atoms with E-state index in [1.807, 2.05) is 31.2 Å². The van der Waals surface area contributed by atoms with Crippen LogP contribution in [0, 0.1) is 6.92 Å². The lowest BCUT2D eigenvalue weighted by atomic mass is 10.1. The second-order valence-electron chi connectivity index (χ2n) is 6.00. The Hall–Kier alpha value is -3.54. The molecular formula is C21H19N3O3. The van der Waals surface area contributed by atoms with E-state index < -0.39 is 5.97 Å². The number of esters is 1. The van der Waals surface area contributed by atoms with Gasteiger partial charge >= 0.3 is 5.97 Å². The van der Waals surface area contributed by atoms with Crippen molar-refractivity contribution in [3.05, 3.63) is 89.5 Å². The zero-order valence-corrected chi connectivity index (χ0v) is 15.1. The lowest BCUT2D eigenvalue weighted by Gasteiger charge is -2.23. The molecule has 0 unspecified atom stereocenters. The van der Waals surface area contributed by atoms with Crippen molar-refractivity contribution >= 4 is 17.6 Å². The number of nitrogens with zero attached hydrogens (tertiary/aromatic N) is 3. The lowest BCUT2D eigenvalue weighted by molar-refractivity contribution is 0.0600. The van der Waals surface area contributed by atoms with Crippen LogP contribution < -0.4 is 4.90 Å². The molecule has 0 fully saturated rings. The van der Waals surface area contributed by atoms with Crippen LogP contribution in [0.1, 0.15) is 32.0 Å². The summed E-state index contributed by atoms with van der Waals surface area (Å²) in [6.45, 7) is 2.24. The van der Waals surface area contributed by atoms with E-state index in [1.54, 1.807) is 41.6 Å². The number of pyridine rings is 2. The number of hydrogen-bond acceptors (Lipinski definition) is 5. The smallest absolute Gasteiger partial charge is 0.339 e. The van der Waals surface area contributed by atoms with Crippen LogP contribution in [0.25, 0.3) is 0 Å². The SMILES string of the molecule is COC(=O)c1ccc(CN(C(=O)c2ccncc2)c2cccc(C)c2)nc1. The average Bonchev–Trinajstić information content (AvgIpc) is 2.72. The minimum atomic E-state index is -0.447. The normalized spacial score (nSPS) is 10.3.